The van der Waals surface area contributed by atoms with Gasteiger partial charge in [0.1, 0.15) is 24.0 Å². The number of rotatable bonds is 10. The second-order valence-corrected chi connectivity index (χ2v) is 13.7. The zero-order chi connectivity index (χ0) is 32.6. The van der Waals surface area contributed by atoms with Gasteiger partial charge in [-0.25, -0.2) is 4.79 Å². The summed E-state index contributed by atoms with van der Waals surface area (Å²) in [5.41, 5.74) is -0.0411. The number of esters is 1. The highest BCUT2D eigenvalue weighted by atomic mass is 16.6. The third-order valence-corrected chi connectivity index (χ3v) is 11.3. The summed E-state index contributed by atoms with van der Waals surface area (Å²) in [6.45, 7) is 4.87. The summed E-state index contributed by atoms with van der Waals surface area (Å²) in [6, 6.07) is 5.44. The highest BCUT2D eigenvalue weighted by Gasteiger charge is 2.68. The maximum absolute atomic E-state index is 12.7. The van der Waals surface area contributed by atoms with Gasteiger partial charge in [0, 0.05) is 11.8 Å². The molecule has 11 heteroatoms. The van der Waals surface area contributed by atoms with Crippen LogP contribution in [-0.2, 0) is 30.4 Å². The first-order valence-corrected chi connectivity index (χ1v) is 16.0. The van der Waals surface area contributed by atoms with E-state index in [4.69, 9.17) is 9.57 Å². The smallest absolute Gasteiger partial charge is 0.328 e. The van der Waals surface area contributed by atoms with Crippen LogP contribution in [0.1, 0.15) is 71.3 Å². The first-order valence-electron chi connectivity index (χ1n) is 16.0. The maximum Gasteiger partial charge on any atom is 0.328 e. The number of fused-ring (bicyclic) bond motifs is 5. The largest absolute Gasteiger partial charge is 0.508 e. The lowest BCUT2D eigenvalue weighted by molar-refractivity contribution is -0.181. The van der Waals surface area contributed by atoms with Gasteiger partial charge in [0.15, 0.2) is 12.4 Å². The van der Waals surface area contributed by atoms with E-state index in [0.717, 1.165) is 24.8 Å². The molecular formula is C34H46N2O9. The number of oxime groups is 1. The minimum atomic E-state index is -1.62. The van der Waals surface area contributed by atoms with Crippen LogP contribution in [0, 0.1) is 28.6 Å². The summed E-state index contributed by atoms with van der Waals surface area (Å²) in [6.07, 6.45) is 5.76. The molecule has 5 rings (SSSR count). The number of benzene rings is 1. The van der Waals surface area contributed by atoms with Gasteiger partial charge in [-0.05, 0) is 98.8 Å². The van der Waals surface area contributed by atoms with Crippen LogP contribution in [-0.4, -0.2) is 81.4 Å². The highest BCUT2D eigenvalue weighted by Crippen LogP contribution is 2.67. The van der Waals surface area contributed by atoms with E-state index in [0.29, 0.717) is 31.4 Å². The van der Waals surface area contributed by atoms with Crippen molar-refractivity contribution in [2.24, 2.45) is 33.7 Å². The van der Waals surface area contributed by atoms with Crippen molar-refractivity contribution in [3.8, 4) is 5.75 Å². The predicted octanol–water partition coefficient (Wildman–Crippen LogP) is 2.58. The van der Waals surface area contributed by atoms with Crippen LogP contribution in [0.3, 0.4) is 0 Å². The number of hydrogen-bond acceptors (Lipinski definition) is 10. The molecule has 5 N–H and O–H groups in total. The molecule has 0 heterocycles. The van der Waals surface area contributed by atoms with Crippen LogP contribution < -0.4 is 5.32 Å². The minimum Gasteiger partial charge on any atom is -0.508 e. The van der Waals surface area contributed by atoms with Crippen molar-refractivity contribution >= 4 is 23.4 Å². The number of aliphatic hydroxyl groups is 3. The number of aromatic hydroxyl groups is 1. The number of allylic oxidation sites excluding steroid dienone is 2. The van der Waals surface area contributed by atoms with E-state index < -0.39 is 47.4 Å². The molecule has 0 aliphatic heterocycles. The van der Waals surface area contributed by atoms with Gasteiger partial charge in [-0.3, -0.25) is 9.59 Å². The van der Waals surface area contributed by atoms with Gasteiger partial charge >= 0.3 is 5.97 Å². The fraction of sp³-hybridized carbons (Fsp3) is 0.647. The van der Waals surface area contributed by atoms with Crippen molar-refractivity contribution in [1.82, 2.24) is 5.32 Å². The van der Waals surface area contributed by atoms with Gasteiger partial charge in [0.2, 0.25) is 0 Å². The van der Waals surface area contributed by atoms with E-state index in [2.05, 4.69) is 17.4 Å². The monoisotopic (exact) mass is 626 g/mol. The molecule has 4 aliphatic carbocycles. The third kappa shape index (κ3) is 6.02. The first kappa shape index (κ1) is 33.1. The molecular weight excluding hydrogens is 580 g/mol. The van der Waals surface area contributed by atoms with Crippen molar-refractivity contribution in [1.29, 1.82) is 0 Å². The summed E-state index contributed by atoms with van der Waals surface area (Å²) in [4.78, 5) is 43.3. The SMILES string of the molecule is CCOC(=O)[C@H](Cc1ccc(O)cc1)NC(=O)CON=C1C=C2CC[C@H]3[C@@H]([C@H](O)C[C@@]4(C)[C@H]3CC[C@]4(O)C(=O)CO)[C@@]2(C)CC1. The summed E-state index contributed by atoms with van der Waals surface area (Å²) < 4.78 is 5.13. The number of aliphatic hydroxyl groups excluding tert-OH is 2. The van der Waals surface area contributed by atoms with Crippen LogP contribution in [0.25, 0.3) is 0 Å². The van der Waals surface area contributed by atoms with E-state index in [9.17, 15) is 34.8 Å². The quantitative estimate of drug-likeness (QED) is 0.193. The standard InChI is InChI=1S/C34H46N2O9/c1-4-44-31(42)26(15-20-5-8-23(38)9-6-20)35-29(41)19-45-36-22-11-13-32(2)21(16-22)7-10-24-25-12-14-34(43,28(40)18-37)33(25,3)17-27(39)30(24)32/h5-6,8-9,16,24-27,30,37-39,43H,4,7,10-15,17-19H2,1-3H3,(H,35,41)/t24-,25+,26+,27-,30+,32+,33+,34+/m1/s1. The molecule has 4 aliphatic rings. The normalized spacial score (nSPS) is 35.3. The number of Topliss-reactive ketones (excluding diaryl/α,β-unsaturated/α-hetero) is 1. The fourth-order valence-electron chi connectivity index (χ4n) is 9.08. The molecule has 0 aromatic heterocycles. The number of nitrogens with one attached hydrogen (secondary N) is 1. The van der Waals surface area contributed by atoms with Crippen molar-refractivity contribution in [3.63, 3.8) is 0 Å². The second kappa shape index (κ2) is 12.8. The fourth-order valence-corrected chi connectivity index (χ4v) is 9.08. The lowest BCUT2D eigenvalue weighted by Crippen LogP contribution is -2.62. The van der Waals surface area contributed by atoms with Gasteiger partial charge in [-0.1, -0.05) is 36.7 Å². The molecule has 1 amide bonds. The Hall–Kier alpha value is -3.28. The summed E-state index contributed by atoms with van der Waals surface area (Å²) in [7, 11) is 0. The Balaban J connectivity index is 1.23. The average Bonchev–Trinajstić information content (AvgIpc) is 3.28. The van der Waals surface area contributed by atoms with Crippen LogP contribution in [0.2, 0.25) is 0 Å². The number of ether oxygens (including phenoxy) is 1. The summed E-state index contributed by atoms with van der Waals surface area (Å²) in [5, 5.41) is 49.0. The Morgan fingerprint density at radius 2 is 1.84 bits per heavy atom. The highest BCUT2D eigenvalue weighted by molar-refractivity contribution is 5.96. The maximum atomic E-state index is 12.7. The molecule has 1 aromatic carbocycles. The van der Waals surface area contributed by atoms with Crippen LogP contribution >= 0.6 is 0 Å². The number of amides is 1. The predicted molar refractivity (Wildman–Crippen MR) is 164 cm³/mol. The van der Waals surface area contributed by atoms with E-state index in [1.165, 1.54) is 17.7 Å². The average molecular weight is 627 g/mol. The minimum absolute atomic E-state index is 0.0243. The number of ketones is 1. The Kier molecular flexibility index (Phi) is 9.45. The number of phenolic OH excluding ortho intramolecular Hbond substituents is 1. The summed E-state index contributed by atoms with van der Waals surface area (Å²) in [5.74, 6) is -1.34. The number of carbonyl (C=O) groups is 3. The molecule has 45 heavy (non-hydrogen) atoms. The Morgan fingerprint density at radius 1 is 1.11 bits per heavy atom. The van der Waals surface area contributed by atoms with Crippen molar-refractivity contribution < 1.29 is 44.4 Å². The zero-order valence-electron chi connectivity index (χ0n) is 26.3. The Bertz CT molecular complexity index is 1360. The van der Waals surface area contributed by atoms with Gasteiger partial charge in [-0.15, -0.1) is 0 Å². The summed E-state index contributed by atoms with van der Waals surface area (Å²) >= 11 is 0. The molecule has 3 fully saturated rings. The molecule has 0 bridgehead atoms. The lowest BCUT2D eigenvalue weighted by atomic mass is 9.45. The van der Waals surface area contributed by atoms with E-state index in [1.807, 2.05) is 13.0 Å². The van der Waals surface area contributed by atoms with Crippen molar-refractivity contribution in [3.05, 3.63) is 41.5 Å². The second-order valence-electron chi connectivity index (χ2n) is 13.7. The van der Waals surface area contributed by atoms with E-state index in [-0.39, 0.29) is 48.6 Å². The van der Waals surface area contributed by atoms with Crippen molar-refractivity contribution in [2.75, 3.05) is 19.8 Å². The molecule has 11 nitrogen and oxygen atoms in total. The molecule has 0 saturated heterocycles. The van der Waals surface area contributed by atoms with Crippen LogP contribution in [0.4, 0.5) is 0 Å². The van der Waals surface area contributed by atoms with E-state index >= 15 is 0 Å². The molecule has 1 aromatic rings. The molecule has 3 saturated carbocycles. The number of nitrogens with zero attached hydrogens (tertiary/aromatic N) is 1. The van der Waals surface area contributed by atoms with Gasteiger partial charge in [0.25, 0.3) is 5.91 Å². The first-order chi connectivity index (χ1) is 21.4. The molecule has 0 unspecified atom stereocenters. The van der Waals surface area contributed by atoms with Crippen LogP contribution in [0.15, 0.2) is 41.1 Å². The molecule has 0 radical (unpaired) electrons. The van der Waals surface area contributed by atoms with Crippen molar-refractivity contribution in [2.45, 2.75) is 89.9 Å². The number of phenols is 1. The van der Waals surface area contributed by atoms with Gasteiger partial charge in [-0.2, -0.15) is 0 Å². The lowest BCUT2D eigenvalue weighted by Gasteiger charge is -2.60. The molecule has 8 atom stereocenters. The number of carbonyl (C=O) groups excluding carboxylic acids is 3. The molecule has 0 spiro atoms. The van der Waals surface area contributed by atoms with E-state index in [1.54, 1.807) is 19.1 Å². The number of hydrogen-bond donors (Lipinski definition) is 5. The zero-order valence-corrected chi connectivity index (χ0v) is 26.3. The Morgan fingerprint density at radius 3 is 2.53 bits per heavy atom. The molecule has 246 valence electrons. The topological polar surface area (TPSA) is 175 Å². The third-order valence-electron chi connectivity index (χ3n) is 11.3. The Labute approximate surface area is 263 Å². The van der Waals surface area contributed by atoms with Gasteiger partial charge in [0.05, 0.1) is 18.4 Å². The van der Waals surface area contributed by atoms with Crippen LogP contribution in [0.5, 0.6) is 5.75 Å². The van der Waals surface area contributed by atoms with Gasteiger partial charge < -0.3 is 35.3 Å².